The molecule has 0 spiro atoms. The fourth-order valence-electron chi connectivity index (χ4n) is 4.79. The molecule has 8 nitrogen and oxygen atoms in total. The number of aliphatic hydroxyl groups is 1. The predicted octanol–water partition coefficient (Wildman–Crippen LogP) is 6.39. The minimum absolute atomic E-state index is 0.338. The van der Waals surface area contributed by atoms with E-state index in [-0.39, 0.29) is 6.61 Å². The molecule has 3 N–H and O–H groups in total. The molecule has 1 unspecified atom stereocenters. The van der Waals surface area contributed by atoms with Crippen LogP contribution in [0.3, 0.4) is 0 Å². The molecule has 0 aliphatic heterocycles. The van der Waals surface area contributed by atoms with E-state index < -0.39 is 21.2 Å². The summed E-state index contributed by atoms with van der Waals surface area (Å²) >= 11 is 0. The van der Waals surface area contributed by atoms with E-state index in [9.17, 15) is 9.67 Å². The molecule has 0 bridgehead atoms. The number of unbranched alkanes of at least 4 members (excludes halogenated alkanes) is 12. The van der Waals surface area contributed by atoms with Crippen molar-refractivity contribution in [2.75, 3.05) is 70.9 Å². The van der Waals surface area contributed by atoms with Gasteiger partial charge in [0.25, 0.3) is 0 Å². The van der Waals surface area contributed by atoms with Crippen LogP contribution in [0, 0.1) is 0 Å². The van der Waals surface area contributed by atoms with Gasteiger partial charge in [-0.2, -0.15) is 0 Å². The van der Waals surface area contributed by atoms with Crippen LogP contribution in [0.15, 0.2) is 0 Å². The number of phosphoric ester groups is 1. The molecule has 38 heavy (non-hydrogen) atoms. The topological polar surface area (TPSA) is 115 Å². The van der Waals surface area contributed by atoms with E-state index >= 15 is 0 Å². The van der Waals surface area contributed by atoms with Gasteiger partial charge < -0.3 is 0 Å². The van der Waals surface area contributed by atoms with Gasteiger partial charge in [-0.15, -0.1) is 0 Å². The Balaban J connectivity index is 3.51. The molecule has 0 aliphatic rings. The molecule has 0 radical (unpaired) electrons. The van der Waals surface area contributed by atoms with Gasteiger partial charge in [0.1, 0.15) is 0 Å². The molecule has 0 aromatic heterocycles. The van der Waals surface area contributed by atoms with E-state index in [2.05, 4.69) is 25.3 Å². The van der Waals surface area contributed by atoms with Crippen LogP contribution in [-0.2, 0) is 23.3 Å². The summed E-state index contributed by atoms with van der Waals surface area (Å²) < 4.78 is 32.3. The second-order valence-electron chi connectivity index (χ2n) is 10.7. The van der Waals surface area contributed by atoms with Crippen LogP contribution in [0.2, 0.25) is 0 Å². The molecule has 0 aromatic rings. The first-order valence-electron chi connectivity index (χ1n) is 15.4. The molecule has 0 rings (SSSR count). The summed E-state index contributed by atoms with van der Waals surface area (Å²) in [5, 5.41) is 10.2. The summed E-state index contributed by atoms with van der Waals surface area (Å²) in [5.74, 6) is 0. The van der Waals surface area contributed by atoms with Gasteiger partial charge in [-0.1, -0.05) is 77.6 Å². The second-order valence-corrected chi connectivity index (χ2v) is 17.2. The summed E-state index contributed by atoms with van der Waals surface area (Å²) in [7, 11) is -6.34. The van der Waals surface area contributed by atoms with Crippen LogP contribution in [0.25, 0.3) is 0 Å². The van der Waals surface area contributed by atoms with E-state index in [1.54, 1.807) is 0 Å². The van der Waals surface area contributed by atoms with Crippen molar-refractivity contribution < 1.29 is 38.2 Å². The van der Waals surface area contributed by atoms with Gasteiger partial charge in [0.15, 0.2) is 0 Å². The van der Waals surface area contributed by atoms with Crippen LogP contribution < -0.4 is 0 Å². The van der Waals surface area contributed by atoms with Crippen LogP contribution in [0.5, 0.6) is 0 Å². The number of hydrogen-bond donors (Lipinski definition) is 3. The van der Waals surface area contributed by atoms with Crippen molar-refractivity contribution >= 4 is 15.1 Å². The third-order valence-electron chi connectivity index (χ3n) is 7.52. The molecule has 0 amide bonds. The Kier molecular flexibility index (Phi) is 26.6. The van der Waals surface area contributed by atoms with E-state index in [0.29, 0.717) is 39.2 Å². The Hall–Kier alpha value is 0.380. The van der Waals surface area contributed by atoms with E-state index in [0.717, 1.165) is 31.5 Å². The molecule has 0 aliphatic carbocycles. The molecule has 10 heteroatoms. The van der Waals surface area contributed by atoms with Crippen molar-refractivity contribution in [1.82, 2.24) is 0 Å². The van der Waals surface area contributed by atoms with E-state index in [1.807, 2.05) is 0 Å². The second kappa shape index (κ2) is 26.3. The minimum atomic E-state index is -4.55. The van der Waals surface area contributed by atoms with Crippen LogP contribution >= 0.6 is 15.1 Å². The maximum atomic E-state index is 10.9. The maximum absolute atomic E-state index is 10.9. The first-order chi connectivity index (χ1) is 18.3. The van der Waals surface area contributed by atoms with Crippen molar-refractivity contribution in [3.63, 3.8) is 0 Å². The third kappa shape index (κ3) is 25.4. The summed E-state index contributed by atoms with van der Waals surface area (Å²) in [6, 6.07) is 0. The molecule has 0 saturated heterocycles. The van der Waals surface area contributed by atoms with Crippen LogP contribution in [0.1, 0.15) is 104 Å². The van der Waals surface area contributed by atoms with Gasteiger partial charge in [-0.05, 0) is 0 Å². The number of hydrogen-bond acceptors (Lipinski definition) is 6. The van der Waals surface area contributed by atoms with Gasteiger partial charge in [-0.25, -0.2) is 0 Å². The number of phosphoric acid groups is 1. The molecule has 0 heterocycles. The zero-order valence-electron chi connectivity index (χ0n) is 24.9. The van der Waals surface area contributed by atoms with Gasteiger partial charge in [0.2, 0.25) is 0 Å². The average Bonchev–Trinajstić information content (AvgIpc) is 2.89. The van der Waals surface area contributed by atoms with Crippen LogP contribution in [0.4, 0.5) is 0 Å². The summed E-state index contributed by atoms with van der Waals surface area (Å²) in [5.41, 5.74) is 0. The van der Waals surface area contributed by atoms with Crippen molar-refractivity contribution in [2.45, 2.75) is 110 Å². The zero-order chi connectivity index (χ0) is 28.4. The number of aliphatic hydroxyl groups excluding tert-OH is 1. The zero-order valence-corrected chi connectivity index (χ0v) is 26.8. The molecule has 1 atom stereocenters. The Bertz CT molecular complexity index is 543. The number of ether oxygens (including phenoxy) is 3. The average molecular weight is 589 g/mol. The Morgan fingerprint density at radius 1 is 0.632 bits per heavy atom. The van der Waals surface area contributed by atoms with Gasteiger partial charge in [-0.3, -0.25) is 0 Å². The van der Waals surface area contributed by atoms with Gasteiger partial charge >= 0.3 is 157 Å². The summed E-state index contributed by atoms with van der Waals surface area (Å²) in [6.45, 7) is 9.85. The normalized spacial score (nSPS) is 13.7. The van der Waals surface area contributed by atoms with Crippen molar-refractivity contribution in [1.29, 1.82) is 0 Å². The Morgan fingerprint density at radius 2 is 1.05 bits per heavy atom. The predicted molar refractivity (Wildman–Crippen MR) is 161 cm³/mol. The van der Waals surface area contributed by atoms with Crippen molar-refractivity contribution in [3.8, 4) is 0 Å². The molecular formula is C28H62O8P2. The van der Waals surface area contributed by atoms with Crippen LogP contribution in [-0.4, -0.2) is 91.9 Å². The SMILES string of the molecule is CCCCCCCCCCCCCCCOCCOCCOCC[PH](CC)(CC)CC(O)COP(=O)(O)O. The number of rotatable bonds is 30. The van der Waals surface area contributed by atoms with Gasteiger partial charge in [0.05, 0.1) is 0 Å². The summed E-state index contributed by atoms with van der Waals surface area (Å²) in [4.78, 5) is 17.6. The molecule has 0 aromatic carbocycles. The first-order valence-corrected chi connectivity index (χ1v) is 19.8. The Morgan fingerprint density at radius 3 is 1.50 bits per heavy atom. The summed E-state index contributed by atoms with van der Waals surface area (Å²) in [6.07, 6.45) is 20.2. The molecular weight excluding hydrogens is 526 g/mol. The fraction of sp³-hybridized carbons (Fsp3) is 1.00. The van der Waals surface area contributed by atoms with E-state index in [4.69, 9.17) is 24.0 Å². The monoisotopic (exact) mass is 588 g/mol. The Labute approximate surface area is 234 Å². The van der Waals surface area contributed by atoms with E-state index in [1.165, 1.54) is 77.0 Å². The van der Waals surface area contributed by atoms with Crippen molar-refractivity contribution in [2.24, 2.45) is 0 Å². The molecule has 0 fully saturated rings. The fourth-order valence-corrected chi connectivity index (χ4v) is 8.84. The quantitative estimate of drug-likeness (QED) is 0.0654. The molecule has 232 valence electrons. The standard InChI is InChI=1S/C28H62O8P2/c1-4-7-8-9-10-11-12-13-14-15-16-17-18-19-33-20-21-34-22-23-35-24-25-37(5-2,6-3)27-28(29)26-36-38(30,31)32/h28-29,37H,4-27H2,1-3H3,(H2,30,31,32). The van der Waals surface area contributed by atoms with Gasteiger partial charge in [0, 0.05) is 0 Å². The van der Waals surface area contributed by atoms with Crippen molar-refractivity contribution in [3.05, 3.63) is 0 Å². The molecule has 0 saturated carbocycles. The third-order valence-corrected chi connectivity index (χ3v) is 13.6. The first kappa shape index (κ1) is 38.4.